The number of hydrogen-bond acceptors (Lipinski definition) is 9. The van der Waals surface area contributed by atoms with Gasteiger partial charge in [-0.25, -0.2) is 9.97 Å². The second-order valence-electron chi connectivity index (χ2n) is 12.0. The highest BCUT2D eigenvalue weighted by Gasteiger charge is 2.20. The van der Waals surface area contributed by atoms with E-state index in [9.17, 15) is 0 Å². The van der Waals surface area contributed by atoms with Crippen molar-refractivity contribution >= 4 is 23.2 Å². The van der Waals surface area contributed by atoms with Gasteiger partial charge in [-0.2, -0.15) is 0 Å². The van der Waals surface area contributed by atoms with E-state index >= 15 is 0 Å². The number of nitrogens with one attached hydrogen (secondary N) is 3. The Morgan fingerprint density at radius 1 is 0.833 bits per heavy atom. The fraction of sp³-hybridized carbons (Fsp3) is 0.405. The van der Waals surface area contributed by atoms with E-state index in [1.54, 1.807) is 26.6 Å². The first-order valence-corrected chi connectivity index (χ1v) is 17.4. The maximum atomic E-state index is 7.08. The van der Waals surface area contributed by atoms with Gasteiger partial charge in [-0.05, 0) is 25.7 Å². The molecule has 9 nitrogen and oxygen atoms in total. The molecule has 1 saturated heterocycles. The Hall–Kier alpha value is -3.76. The minimum absolute atomic E-state index is 0.368. The average Bonchev–Trinajstić information content (AvgIpc) is 3.52. The quantitative estimate of drug-likeness (QED) is 0.108. The molecule has 5 rings (SSSR count). The first-order chi connectivity index (χ1) is 23.4. The number of halogens is 2. The zero-order valence-electron chi connectivity index (χ0n) is 28.2. The van der Waals surface area contributed by atoms with Gasteiger partial charge in [-0.15, -0.1) is 0 Å². The van der Waals surface area contributed by atoms with Crippen LogP contribution in [-0.2, 0) is 13.1 Å². The third-order valence-electron chi connectivity index (χ3n) is 8.57. The standard InChI is InChI=1S/C37H45Cl2N7O2/c1-6-10-24(11-7-2)41-22-33-37(48-5)46-31(21-43-33)29-15-9-13-27(35(29)39)26-12-8-14-28(34(26)38)30-20-42-32(36(45-30)47-4)19-40-18-25-17-16-23(3)44-25/h8-9,12-15,20-21,24-25,40-41,44H,3,6-7,10-11,16-19,22H2,1-2,4-5H3/t25-/m0/s1. The van der Waals surface area contributed by atoms with Crippen molar-refractivity contribution in [1.29, 1.82) is 0 Å². The molecular formula is C37H45Cl2N7O2. The summed E-state index contributed by atoms with van der Waals surface area (Å²) in [6.07, 6.45) is 10.0. The highest BCUT2D eigenvalue weighted by Crippen LogP contribution is 2.42. The van der Waals surface area contributed by atoms with Crippen LogP contribution < -0.4 is 25.4 Å². The smallest absolute Gasteiger partial charge is 0.237 e. The summed E-state index contributed by atoms with van der Waals surface area (Å²) in [6.45, 7) is 10.3. The number of aromatic nitrogens is 4. The van der Waals surface area contributed by atoms with Gasteiger partial charge in [0.2, 0.25) is 11.8 Å². The fourth-order valence-corrected chi connectivity index (χ4v) is 6.73. The molecule has 1 aliphatic heterocycles. The van der Waals surface area contributed by atoms with Crippen molar-refractivity contribution in [3.63, 3.8) is 0 Å². The van der Waals surface area contributed by atoms with E-state index in [1.165, 1.54) is 0 Å². The summed E-state index contributed by atoms with van der Waals surface area (Å²) in [4.78, 5) is 19.0. The Labute approximate surface area is 293 Å². The molecule has 0 radical (unpaired) electrons. The van der Waals surface area contributed by atoms with Crippen molar-refractivity contribution in [2.45, 2.75) is 77.5 Å². The molecule has 4 aromatic rings. The van der Waals surface area contributed by atoms with Crippen molar-refractivity contribution in [3.8, 4) is 45.4 Å². The average molecular weight is 691 g/mol. The lowest BCUT2D eigenvalue weighted by Gasteiger charge is -2.18. The number of rotatable bonds is 16. The zero-order valence-corrected chi connectivity index (χ0v) is 29.7. The molecule has 0 unspecified atom stereocenters. The maximum Gasteiger partial charge on any atom is 0.237 e. The summed E-state index contributed by atoms with van der Waals surface area (Å²) >= 11 is 14.2. The molecular weight excluding hydrogens is 645 g/mol. The van der Waals surface area contributed by atoms with Gasteiger partial charge in [-0.1, -0.05) is 92.9 Å². The van der Waals surface area contributed by atoms with E-state index in [-0.39, 0.29) is 0 Å². The molecule has 3 N–H and O–H groups in total. The van der Waals surface area contributed by atoms with Crippen LogP contribution in [0.2, 0.25) is 10.0 Å². The molecule has 0 saturated carbocycles. The van der Waals surface area contributed by atoms with Gasteiger partial charge in [0.05, 0.1) is 48.0 Å². The van der Waals surface area contributed by atoms with E-state index in [2.05, 4.69) is 41.4 Å². The number of nitrogens with zero attached hydrogens (tertiary/aromatic N) is 4. The predicted octanol–water partition coefficient (Wildman–Crippen LogP) is 8.01. The number of methoxy groups -OCH3 is 2. The maximum absolute atomic E-state index is 7.08. The third-order valence-corrected chi connectivity index (χ3v) is 9.38. The van der Waals surface area contributed by atoms with E-state index in [0.29, 0.717) is 58.4 Å². The molecule has 1 fully saturated rings. The molecule has 0 amide bonds. The molecule has 1 aliphatic rings. The number of benzene rings is 2. The molecule has 0 bridgehead atoms. The predicted molar refractivity (Wildman–Crippen MR) is 195 cm³/mol. The van der Waals surface area contributed by atoms with Crippen LogP contribution in [0.5, 0.6) is 11.8 Å². The van der Waals surface area contributed by atoms with E-state index in [0.717, 1.165) is 84.4 Å². The molecule has 0 aliphatic carbocycles. The van der Waals surface area contributed by atoms with Crippen LogP contribution in [0.3, 0.4) is 0 Å². The van der Waals surface area contributed by atoms with Crippen LogP contribution in [0.25, 0.3) is 33.6 Å². The van der Waals surface area contributed by atoms with Crippen LogP contribution in [-0.4, -0.2) is 52.8 Å². The van der Waals surface area contributed by atoms with E-state index in [4.69, 9.17) is 47.6 Å². The van der Waals surface area contributed by atoms with Gasteiger partial charge in [0, 0.05) is 59.7 Å². The van der Waals surface area contributed by atoms with Gasteiger partial charge in [0.1, 0.15) is 11.4 Å². The second kappa shape index (κ2) is 17.1. The Balaban J connectivity index is 1.37. The molecule has 2 aromatic heterocycles. The summed E-state index contributed by atoms with van der Waals surface area (Å²) < 4.78 is 11.3. The molecule has 11 heteroatoms. The number of ether oxygens (including phenoxy) is 2. The van der Waals surface area contributed by atoms with Crippen molar-refractivity contribution < 1.29 is 9.47 Å². The summed E-state index contributed by atoms with van der Waals surface area (Å²) in [5.74, 6) is 0.920. The molecule has 0 spiro atoms. The van der Waals surface area contributed by atoms with Crippen molar-refractivity contribution in [3.05, 3.63) is 82.5 Å². The van der Waals surface area contributed by atoms with Crippen LogP contribution in [0.15, 0.2) is 61.1 Å². The lowest BCUT2D eigenvalue weighted by atomic mass is 9.98. The van der Waals surface area contributed by atoms with Gasteiger partial charge >= 0.3 is 0 Å². The largest absolute Gasteiger partial charge is 0.480 e. The van der Waals surface area contributed by atoms with Crippen LogP contribution in [0, 0.1) is 0 Å². The Bertz CT molecular complexity index is 1710. The minimum atomic E-state index is 0.368. The SMILES string of the molecule is C=C1CC[C@@H](CNCc2ncc(-c3cccc(-c4cccc(-c5cnc(CNC(CCC)CCC)c(OC)n5)c4Cl)c3Cl)nc2OC)N1. The van der Waals surface area contributed by atoms with Gasteiger partial charge < -0.3 is 25.4 Å². The molecule has 48 heavy (non-hydrogen) atoms. The number of allylic oxidation sites excluding steroid dienone is 1. The van der Waals surface area contributed by atoms with Crippen LogP contribution in [0.1, 0.15) is 63.8 Å². The van der Waals surface area contributed by atoms with Gasteiger partial charge in [0.25, 0.3) is 0 Å². The normalized spacial score (nSPS) is 14.4. The van der Waals surface area contributed by atoms with Crippen molar-refractivity contribution in [2.24, 2.45) is 0 Å². The van der Waals surface area contributed by atoms with E-state index in [1.807, 2.05) is 36.4 Å². The van der Waals surface area contributed by atoms with Gasteiger partial charge in [-0.3, -0.25) is 9.97 Å². The fourth-order valence-electron chi connectivity index (χ4n) is 6.08. The Morgan fingerprint density at radius 2 is 1.35 bits per heavy atom. The van der Waals surface area contributed by atoms with Crippen molar-refractivity contribution in [2.75, 3.05) is 20.8 Å². The Kier molecular flexibility index (Phi) is 12.6. The lowest BCUT2D eigenvalue weighted by Crippen LogP contribution is -2.33. The summed E-state index contributed by atoms with van der Waals surface area (Å²) in [5.41, 5.74) is 6.76. The molecule has 1 atom stereocenters. The van der Waals surface area contributed by atoms with Gasteiger partial charge in [0.15, 0.2) is 0 Å². The first-order valence-electron chi connectivity index (χ1n) is 16.6. The highest BCUT2D eigenvalue weighted by atomic mass is 35.5. The summed E-state index contributed by atoms with van der Waals surface area (Å²) in [7, 11) is 3.21. The number of hydrogen-bond donors (Lipinski definition) is 3. The topological polar surface area (TPSA) is 106 Å². The van der Waals surface area contributed by atoms with E-state index < -0.39 is 0 Å². The van der Waals surface area contributed by atoms with Crippen LogP contribution in [0.4, 0.5) is 0 Å². The zero-order chi connectivity index (χ0) is 34.0. The molecule has 254 valence electrons. The highest BCUT2D eigenvalue weighted by molar-refractivity contribution is 6.39. The Morgan fingerprint density at radius 3 is 1.83 bits per heavy atom. The monoisotopic (exact) mass is 689 g/mol. The second-order valence-corrected chi connectivity index (χ2v) is 12.8. The first kappa shape index (κ1) is 35.5. The lowest BCUT2D eigenvalue weighted by molar-refractivity contribution is 0.380. The summed E-state index contributed by atoms with van der Waals surface area (Å²) in [6, 6.07) is 12.4. The van der Waals surface area contributed by atoms with Crippen molar-refractivity contribution in [1.82, 2.24) is 35.9 Å². The third kappa shape index (κ3) is 8.44. The minimum Gasteiger partial charge on any atom is -0.480 e. The molecule has 3 heterocycles. The molecule has 2 aromatic carbocycles. The van der Waals surface area contributed by atoms with Crippen LogP contribution >= 0.6 is 23.2 Å². The summed E-state index contributed by atoms with van der Waals surface area (Å²) in [5, 5.41) is 11.5.